The Morgan fingerprint density at radius 2 is 2.06 bits per heavy atom. The van der Waals surface area contributed by atoms with Crippen LogP contribution in [0.5, 0.6) is 0 Å². The SMILES string of the molecule is Cl.NCc1cn(Cc2ccccc2F)cn1. The lowest BCUT2D eigenvalue weighted by molar-refractivity contribution is 0.599. The first kappa shape index (κ1) is 12.7. The molecule has 0 spiro atoms. The summed E-state index contributed by atoms with van der Waals surface area (Å²) in [5.74, 6) is -0.194. The molecule has 0 fully saturated rings. The molecule has 0 atom stereocenters. The molecule has 5 heteroatoms. The minimum atomic E-state index is -0.194. The van der Waals surface area contributed by atoms with E-state index >= 15 is 0 Å². The minimum Gasteiger partial charge on any atom is -0.333 e. The summed E-state index contributed by atoms with van der Waals surface area (Å²) in [5.41, 5.74) is 6.90. The van der Waals surface area contributed by atoms with Gasteiger partial charge in [0.25, 0.3) is 0 Å². The van der Waals surface area contributed by atoms with E-state index < -0.39 is 0 Å². The number of benzene rings is 1. The summed E-state index contributed by atoms with van der Waals surface area (Å²) in [6.45, 7) is 0.893. The molecule has 2 rings (SSSR count). The summed E-state index contributed by atoms with van der Waals surface area (Å²) in [7, 11) is 0. The summed E-state index contributed by atoms with van der Waals surface area (Å²) in [5, 5.41) is 0. The third-order valence-electron chi connectivity index (χ3n) is 2.21. The van der Waals surface area contributed by atoms with Crippen LogP contribution in [0.15, 0.2) is 36.8 Å². The van der Waals surface area contributed by atoms with E-state index in [9.17, 15) is 4.39 Å². The van der Waals surface area contributed by atoms with Crippen LogP contribution in [0.3, 0.4) is 0 Å². The smallest absolute Gasteiger partial charge is 0.128 e. The Hall–Kier alpha value is -1.39. The van der Waals surface area contributed by atoms with E-state index in [4.69, 9.17) is 5.73 Å². The van der Waals surface area contributed by atoms with Gasteiger partial charge in [-0.25, -0.2) is 9.37 Å². The highest BCUT2D eigenvalue weighted by molar-refractivity contribution is 5.85. The number of aromatic nitrogens is 2. The molecule has 2 aromatic rings. The number of hydrogen-bond acceptors (Lipinski definition) is 2. The summed E-state index contributed by atoms with van der Waals surface area (Å²) in [6.07, 6.45) is 3.49. The molecule has 0 aliphatic heterocycles. The zero-order valence-electron chi connectivity index (χ0n) is 8.64. The molecule has 0 saturated heterocycles. The standard InChI is InChI=1S/C11H12FN3.ClH/c12-11-4-2-1-3-9(11)6-15-7-10(5-13)14-8-15;/h1-4,7-8H,5-6,13H2;1H. The molecular formula is C11H13ClFN3. The second-order valence-corrected chi connectivity index (χ2v) is 3.33. The fraction of sp³-hybridized carbons (Fsp3) is 0.182. The second-order valence-electron chi connectivity index (χ2n) is 3.33. The van der Waals surface area contributed by atoms with Gasteiger partial charge in [0.2, 0.25) is 0 Å². The van der Waals surface area contributed by atoms with Crippen molar-refractivity contribution >= 4 is 12.4 Å². The van der Waals surface area contributed by atoms with Gasteiger partial charge in [-0.1, -0.05) is 18.2 Å². The Labute approximate surface area is 99.5 Å². The normalized spacial score (nSPS) is 9.88. The number of halogens is 2. The van der Waals surface area contributed by atoms with Gasteiger partial charge in [0.15, 0.2) is 0 Å². The maximum atomic E-state index is 13.3. The fourth-order valence-electron chi connectivity index (χ4n) is 1.42. The minimum absolute atomic E-state index is 0. The van der Waals surface area contributed by atoms with Crippen molar-refractivity contribution in [1.82, 2.24) is 9.55 Å². The summed E-state index contributed by atoms with van der Waals surface area (Å²) in [6, 6.07) is 6.71. The third kappa shape index (κ3) is 2.81. The fourth-order valence-corrected chi connectivity index (χ4v) is 1.42. The lowest BCUT2D eigenvalue weighted by Gasteiger charge is -2.03. The molecular weight excluding hydrogens is 229 g/mol. The predicted octanol–water partition coefficient (Wildman–Crippen LogP) is 1.95. The highest BCUT2D eigenvalue weighted by Gasteiger charge is 2.02. The number of imidazole rings is 1. The Balaban J connectivity index is 0.00000128. The molecule has 3 nitrogen and oxygen atoms in total. The van der Waals surface area contributed by atoms with Crippen molar-refractivity contribution in [2.45, 2.75) is 13.1 Å². The van der Waals surface area contributed by atoms with Crippen molar-refractivity contribution in [3.63, 3.8) is 0 Å². The van der Waals surface area contributed by atoms with Gasteiger partial charge >= 0.3 is 0 Å². The van der Waals surface area contributed by atoms with Crippen molar-refractivity contribution in [2.24, 2.45) is 5.73 Å². The first-order valence-corrected chi connectivity index (χ1v) is 4.73. The van der Waals surface area contributed by atoms with Gasteiger partial charge in [-0.3, -0.25) is 0 Å². The van der Waals surface area contributed by atoms with Crippen LogP contribution in [-0.2, 0) is 13.1 Å². The topological polar surface area (TPSA) is 43.8 Å². The molecule has 1 aromatic carbocycles. The molecule has 0 radical (unpaired) electrons. The molecule has 1 heterocycles. The zero-order chi connectivity index (χ0) is 10.7. The van der Waals surface area contributed by atoms with Gasteiger partial charge in [0.05, 0.1) is 18.6 Å². The molecule has 0 bridgehead atoms. The summed E-state index contributed by atoms with van der Waals surface area (Å²) >= 11 is 0. The summed E-state index contributed by atoms with van der Waals surface area (Å²) < 4.78 is 15.1. The Morgan fingerprint density at radius 1 is 1.31 bits per heavy atom. The van der Waals surface area contributed by atoms with E-state index in [-0.39, 0.29) is 18.2 Å². The highest BCUT2D eigenvalue weighted by atomic mass is 35.5. The second kappa shape index (κ2) is 5.63. The predicted molar refractivity (Wildman–Crippen MR) is 62.9 cm³/mol. The quantitative estimate of drug-likeness (QED) is 0.893. The molecule has 0 aliphatic rings. The zero-order valence-corrected chi connectivity index (χ0v) is 9.45. The van der Waals surface area contributed by atoms with Crippen molar-refractivity contribution < 1.29 is 4.39 Å². The Bertz CT molecular complexity index is 456. The van der Waals surface area contributed by atoms with Crippen LogP contribution in [0.2, 0.25) is 0 Å². The summed E-state index contributed by atoms with van der Waals surface area (Å²) in [4.78, 5) is 4.08. The lowest BCUT2D eigenvalue weighted by atomic mass is 10.2. The van der Waals surface area contributed by atoms with Crippen LogP contribution in [0.25, 0.3) is 0 Å². The number of hydrogen-bond donors (Lipinski definition) is 1. The van der Waals surface area contributed by atoms with Crippen molar-refractivity contribution in [1.29, 1.82) is 0 Å². The van der Waals surface area contributed by atoms with Crippen molar-refractivity contribution in [2.75, 3.05) is 0 Å². The van der Waals surface area contributed by atoms with Crippen molar-refractivity contribution in [3.8, 4) is 0 Å². The maximum Gasteiger partial charge on any atom is 0.128 e. The van der Waals surface area contributed by atoms with Crippen LogP contribution >= 0.6 is 12.4 Å². The van der Waals surface area contributed by atoms with Gasteiger partial charge < -0.3 is 10.3 Å². The van der Waals surface area contributed by atoms with E-state index in [0.29, 0.717) is 18.7 Å². The molecule has 16 heavy (non-hydrogen) atoms. The first-order valence-electron chi connectivity index (χ1n) is 4.73. The molecule has 0 saturated carbocycles. The van der Waals surface area contributed by atoms with Gasteiger partial charge in [-0.15, -0.1) is 12.4 Å². The van der Waals surface area contributed by atoms with E-state index in [1.165, 1.54) is 6.07 Å². The highest BCUT2D eigenvalue weighted by Crippen LogP contribution is 2.08. The molecule has 1 aromatic heterocycles. The van der Waals surface area contributed by atoms with Crippen LogP contribution in [0.4, 0.5) is 4.39 Å². The van der Waals surface area contributed by atoms with Crippen LogP contribution in [0, 0.1) is 5.82 Å². The molecule has 86 valence electrons. The molecule has 2 N–H and O–H groups in total. The number of nitrogens with two attached hydrogens (primary N) is 1. The van der Waals surface area contributed by atoms with E-state index in [1.807, 2.05) is 16.8 Å². The Morgan fingerprint density at radius 3 is 2.69 bits per heavy atom. The van der Waals surface area contributed by atoms with Crippen LogP contribution < -0.4 is 5.73 Å². The van der Waals surface area contributed by atoms with Gasteiger partial charge in [0.1, 0.15) is 5.82 Å². The average Bonchev–Trinajstić information content (AvgIpc) is 2.69. The van der Waals surface area contributed by atoms with Crippen LogP contribution in [-0.4, -0.2) is 9.55 Å². The number of nitrogens with zero attached hydrogens (tertiary/aromatic N) is 2. The largest absolute Gasteiger partial charge is 0.333 e. The lowest BCUT2D eigenvalue weighted by Crippen LogP contribution is -1.99. The molecule has 0 aliphatic carbocycles. The third-order valence-corrected chi connectivity index (χ3v) is 2.21. The van der Waals surface area contributed by atoms with E-state index in [2.05, 4.69) is 4.98 Å². The monoisotopic (exact) mass is 241 g/mol. The molecule has 0 amide bonds. The van der Waals surface area contributed by atoms with Gasteiger partial charge in [-0.05, 0) is 6.07 Å². The van der Waals surface area contributed by atoms with Gasteiger partial charge in [0, 0.05) is 18.3 Å². The number of rotatable bonds is 3. The van der Waals surface area contributed by atoms with E-state index in [1.54, 1.807) is 18.5 Å². The van der Waals surface area contributed by atoms with Crippen LogP contribution in [0.1, 0.15) is 11.3 Å². The maximum absolute atomic E-state index is 13.3. The van der Waals surface area contributed by atoms with Crippen molar-refractivity contribution in [3.05, 3.63) is 53.9 Å². The average molecular weight is 242 g/mol. The molecule has 0 unspecified atom stereocenters. The first-order chi connectivity index (χ1) is 7.29. The van der Waals surface area contributed by atoms with Gasteiger partial charge in [-0.2, -0.15) is 0 Å². The Kier molecular flexibility index (Phi) is 4.46. The van der Waals surface area contributed by atoms with E-state index in [0.717, 1.165) is 5.69 Å².